The summed E-state index contributed by atoms with van der Waals surface area (Å²) in [5, 5.41) is 6.33. The van der Waals surface area contributed by atoms with Crippen LogP contribution in [-0.2, 0) is 10.2 Å². The standard InChI is InChI=1S/C21H22ClFN4O2S.C2H6/c1-5-11-29-20(28)26-13-8-6-7-12(15(13)23)16-17(14-9-10-24-19(22)25-14)30-18(27-16)21(2,3)4;1-2/h5-10,19,25H,1,11H2,2-4H3,(H,26,28);1-2H3. The topological polar surface area (TPSA) is 75.6 Å². The van der Waals surface area contributed by atoms with Gasteiger partial charge < -0.3 is 10.1 Å². The van der Waals surface area contributed by atoms with Crippen molar-refractivity contribution in [2.75, 3.05) is 11.9 Å². The molecule has 0 bridgehead atoms. The molecular formula is C23H28ClFN4O2S. The predicted octanol–water partition coefficient (Wildman–Crippen LogP) is 6.54. The third kappa shape index (κ3) is 6.17. The molecule has 1 aliphatic rings. The summed E-state index contributed by atoms with van der Waals surface area (Å²) in [5.74, 6) is -0.604. The number of aliphatic imine (C=N–C) groups is 1. The quantitative estimate of drug-likeness (QED) is 0.290. The van der Waals surface area contributed by atoms with Gasteiger partial charge in [0.05, 0.1) is 27.0 Å². The number of alkyl halides is 1. The second-order valence-electron chi connectivity index (χ2n) is 7.48. The van der Waals surface area contributed by atoms with Crippen molar-refractivity contribution in [1.82, 2.24) is 10.3 Å². The molecule has 6 nitrogen and oxygen atoms in total. The molecule has 1 aromatic heterocycles. The second kappa shape index (κ2) is 11.2. The molecule has 172 valence electrons. The lowest BCUT2D eigenvalue weighted by Crippen LogP contribution is -2.23. The lowest BCUT2D eigenvalue weighted by molar-refractivity contribution is 0.174. The van der Waals surface area contributed by atoms with E-state index in [1.807, 2.05) is 34.6 Å². The lowest BCUT2D eigenvalue weighted by Gasteiger charge is -2.16. The maximum Gasteiger partial charge on any atom is 0.412 e. The number of rotatable bonds is 5. The van der Waals surface area contributed by atoms with Crippen LogP contribution in [0.5, 0.6) is 0 Å². The number of anilines is 1. The Hall–Kier alpha value is -2.71. The van der Waals surface area contributed by atoms with Gasteiger partial charge >= 0.3 is 6.09 Å². The first-order chi connectivity index (χ1) is 15.2. The van der Waals surface area contributed by atoms with Gasteiger partial charge in [-0.2, -0.15) is 0 Å². The highest BCUT2D eigenvalue weighted by atomic mass is 35.5. The van der Waals surface area contributed by atoms with Gasteiger partial charge in [0.2, 0.25) is 0 Å². The molecule has 9 heteroatoms. The summed E-state index contributed by atoms with van der Waals surface area (Å²) in [5.41, 5.74) is 0.576. The van der Waals surface area contributed by atoms with E-state index < -0.39 is 17.5 Å². The third-order valence-corrected chi connectivity index (χ3v) is 5.81. The number of aromatic nitrogens is 1. The van der Waals surface area contributed by atoms with Crippen molar-refractivity contribution >= 4 is 46.6 Å². The number of hydrogen-bond acceptors (Lipinski definition) is 6. The Bertz CT molecular complexity index is 1030. The molecule has 1 atom stereocenters. The van der Waals surface area contributed by atoms with E-state index in [-0.39, 0.29) is 23.3 Å². The summed E-state index contributed by atoms with van der Waals surface area (Å²) in [6, 6.07) is 4.73. The first-order valence-electron chi connectivity index (χ1n) is 10.2. The molecule has 0 aliphatic carbocycles. The number of ether oxygens (including phenoxy) is 1. The number of allylic oxidation sites excluding steroid dienone is 1. The molecule has 3 rings (SSSR count). The summed E-state index contributed by atoms with van der Waals surface area (Å²) >= 11 is 7.56. The Kier molecular flexibility index (Phi) is 8.98. The minimum atomic E-state index is -0.766. The molecule has 32 heavy (non-hydrogen) atoms. The van der Waals surface area contributed by atoms with Crippen LogP contribution in [0.1, 0.15) is 44.5 Å². The molecule has 2 N–H and O–H groups in total. The maximum absolute atomic E-state index is 15.4. The fourth-order valence-electron chi connectivity index (χ4n) is 2.65. The molecule has 0 radical (unpaired) electrons. The molecule has 0 saturated heterocycles. The molecule has 1 aromatic carbocycles. The molecule has 0 saturated carbocycles. The molecule has 1 unspecified atom stereocenters. The molecular weight excluding hydrogens is 451 g/mol. The van der Waals surface area contributed by atoms with E-state index in [1.54, 1.807) is 24.4 Å². The minimum absolute atomic E-state index is 0.000172. The van der Waals surface area contributed by atoms with Gasteiger partial charge in [0.15, 0.2) is 11.4 Å². The van der Waals surface area contributed by atoms with Crippen LogP contribution in [0.4, 0.5) is 14.9 Å². The van der Waals surface area contributed by atoms with Crippen LogP contribution < -0.4 is 10.6 Å². The second-order valence-corrected chi connectivity index (χ2v) is 8.90. The number of hydrogen-bond donors (Lipinski definition) is 2. The zero-order valence-electron chi connectivity index (χ0n) is 18.8. The van der Waals surface area contributed by atoms with Gasteiger partial charge in [-0.1, -0.05) is 64.9 Å². The number of thiazole rings is 1. The molecule has 1 amide bonds. The number of nitrogens with one attached hydrogen (secondary N) is 2. The zero-order chi connectivity index (χ0) is 23.9. The zero-order valence-corrected chi connectivity index (χ0v) is 20.4. The number of benzene rings is 1. The maximum atomic E-state index is 15.4. The van der Waals surface area contributed by atoms with E-state index in [2.05, 4.69) is 22.2 Å². The highest BCUT2D eigenvalue weighted by molar-refractivity contribution is 7.13. The summed E-state index contributed by atoms with van der Waals surface area (Å²) < 4.78 is 20.2. The van der Waals surface area contributed by atoms with Gasteiger partial charge in [-0.15, -0.1) is 11.3 Å². The van der Waals surface area contributed by atoms with E-state index in [0.29, 0.717) is 11.4 Å². The smallest absolute Gasteiger partial charge is 0.412 e. The van der Waals surface area contributed by atoms with Crippen LogP contribution in [0.2, 0.25) is 0 Å². The largest absolute Gasteiger partial charge is 0.445 e. The Morgan fingerprint density at radius 1 is 1.41 bits per heavy atom. The van der Waals surface area contributed by atoms with Crippen LogP contribution in [-0.4, -0.2) is 29.5 Å². The monoisotopic (exact) mass is 478 g/mol. The average molecular weight is 479 g/mol. The summed E-state index contributed by atoms with van der Waals surface area (Å²) in [6.45, 7) is 13.6. The van der Waals surface area contributed by atoms with Crippen LogP contribution >= 0.6 is 22.9 Å². The van der Waals surface area contributed by atoms with E-state index in [1.165, 1.54) is 23.5 Å². The molecule has 0 spiro atoms. The Labute approximate surface area is 197 Å². The van der Waals surface area contributed by atoms with Crippen LogP contribution in [0.25, 0.3) is 17.0 Å². The minimum Gasteiger partial charge on any atom is -0.445 e. The number of carbonyl (C=O) groups excluding carboxylic acids is 1. The number of amides is 1. The van der Waals surface area contributed by atoms with Gasteiger partial charge in [0.1, 0.15) is 6.61 Å². The predicted molar refractivity (Wildman–Crippen MR) is 132 cm³/mol. The van der Waals surface area contributed by atoms with Gasteiger partial charge in [-0.05, 0) is 18.2 Å². The molecule has 2 aromatic rings. The Morgan fingerprint density at radius 2 is 2.12 bits per heavy atom. The first kappa shape index (κ1) is 25.5. The van der Waals surface area contributed by atoms with E-state index in [0.717, 1.165) is 9.88 Å². The highest BCUT2D eigenvalue weighted by Gasteiger charge is 2.27. The average Bonchev–Trinajstić information content (AvgIpc) is 3.21. The summed E-state index contributed by atoms with van der Waals surface area (Å²) in [4.78, 5) is 21.4. The van der Waals surface area contributed by atoms with E-state index >= 15 is 4.39 Å². The number of nitrogens with zero attached hydrogens (tertiary/aromatic N) is 2. The fourth-order valence-corrected chi connectivity index (χ4v) is 3.95. The Balaban J connectivity index is 0.00000176. The van der Waals surface area contributed by atoms with Crippen molar-refractivity contribution < 1.29 is 13.9 Å². The third-order valence-electron chi connectivity index (χ3n) is 4.07. The van der Waals surface area contributed by atoms with Gasteiger partial charge in [-0.3, -0.25) is 10.3 Å². The fraction of sp³-hybridized carbons (Fsp3) is 0.348. The van der Waals surface area contributed by atoms with Gasteiger partial charge in [-0.25, -0.2) is 14.2 Å². The van der Waals surface area contributed by atoms with Crippen molar-refractivity contribution in [2.24, 2.45) is 4.99 Å². The van der Waals surface area contributed by atoms with Crippen molar-refractivity contribution in [3.8, 4) is 11.3 Å². The van der Waals surface area contributed by atoms with Crippen molar-refractivity contribution in [2.45, 2.75) is 45.7 Å². The number of halogens is 2. The SMILES string of the molecule is C=CCOC(=O)Nc1cccc(-c2nc(C(C)(C)C)sc2C2=CC=NC(Cl)N2)c1F.CC. The Morgan fingerprint density at radius 3 is 2.75 bits per heavy atom. The van der Waals surface area contributed by atoms with Crippen molar-refractivity contribution in [1.29, 1.82) is 0 Å². The molecule has 1 aliphatic heterocycles. The van der Waals surface area contributed by atoms with Crippen LogP contribution in [0.3, 0.4) is 0 Å². The first-order valence-corrected chi connectivity index (χ1v) is 11.5. The normalized spacial score (nSPS) is 15.1. The van der Waals surface area contributed by atoms with Crippen LogP contribution in [0.15, 0.2) is 41.9 Å². The number of carbonyl (C=O) groups is 1. The van der Waals surface area contributed by atoms with Gasteiger partial charge in [0, 0.05) is 17.2 Å². The van der Waals surface area contributed by atoms with E-state index in [9.17, 15) is 4.79 Å². The highest BCUT2D eigenvalue weighted by Crippen LogP contribution is 2.40. The van der Waals surface area contributed by atoms with Crippen molar-refractivity contribution in [3.05, 3.63) is 52.6 Å². The summed E-state index contributed by atoms with van der Waals surface area (Å²) in [7, 11) is 0. The molecule has 2 heterocycles. The lowest BCUT2D eigenvalue weighted by atomic mass is 9.98. The van der Waals surface area contributed by atoms with Gasteiger partial charge in [0.25, 0.3) is 0 Å². The molecule has 0 fully saturated rings. The van der Waals surface area contributed by atoms with Crippen LogP contribution in [0, 0.1) is 5.82 Å². The van der Waals surface area contributed by atoms with Crippen molar-refractivity contribution in [3.63, 3.8) is 0 Å². The summed E-state index contributed by atoms with van der Waals surface area (Å²) in [6.07, 6.45) is 4.04. The van der Waals surface area contributed by atoms with E-state index in [4.69, 9.17) is 21.3 Å².